The van der Waals surface area contributed by atoms with Crippen molar-refractivity contribution >= 4 is 5.91 Å². The molecule has 1 unspecified atom stereocenters. The van der Waals surface area contributed by atoms with Gasteiger partial charge in [-0.2, -0.15) is 0 Å². The summed E-state index contributed by atoms with van der Waals surface area (Å²) in [5, 5.41) is 10.5. The van der Waals surface area contributed by atoms with Crippen LogP contribution in [0.4, 0.5) is 0 Å². The molecule has 1 aromatic heterocycles. The maximum atomic E-state index is 12.4. The van der Waals surface area contributed by atoms with Gasteiger partial charge in [0.1, 0.15) is 0 Å². The lowest BCUT2D eigenvalue weighted by Gasteiger charge is -2.34. The second kappa shape index (κ2) is 6.35. The molecule has 0 aliphatic heterocycles. The summed E-state index contributed by atoms with van der Waals surface area (Å²) in [5.74, 6) is 0.0127. The van der Waals surface area contributed by atoms with Crippen molar-refractivity contribution in [3.63, 3.8) is 0 Å². The van der Waals surface area contributed by atoms with Crippen molar-refractivity contribution in [2.45, 2.75) is 57.1 Å². The Bertz CT molecular complexity index is 441. The van der Waals surface area contributed by atoms with E-state index in [1.807, 2.05) is 19.1 Å². The van der Waals surface area contributed by atoms with Gasteiger partial charge < -0.3 is 10.0 Å². The Balaban J connectivity index is 1.98. The van der Waals surface area contributed by atoms with E-state index in [4.69, 9.17) is 0 Å². The van der Waals surface area contributed by atoms with Gasteiger partial charge in [-0.25, -0.2) is 0 Å². The minimum atomic E-state index is -0.790. The molecule has 2 rings (SSSR count). The third kappa shape index (κ3) is 3.57. The van der Waals surface area contributed by atoms with Crippen LogP contribution in [-0.4, -0.2) is 33.5 Å². The van der Waals surface area contributed by atoms with Crippen LogP contribution in [0.25, 0.3) is 0 Å². The van der Waals surface area contributed by atoms with E-state index >= 15 is 0 Å². The number of rotatable bonds is 4. The molecule has 1 aliphatic carbocycles. The van der Waals surface area contributed by atoms with Gasteiger partial charge in [0, 0.05) is 19.4 Å². The van der Waals surface area contributed by atoms with Gasteiger partial charge in [-0.3, -0.25) is 9.78 Å². The predicted molar refractivity (Wildman–Crippen MR) is 78.1 cm³/mol. The zero-order chi connectivity index (χ0) is 14.6. The molecule has 1 saturated carbocycles. The fourth-order valence-electron chi connectivity index (χ4n) is 2.87. The van der Waals surface area contributed by atoms with Gasteiger partial charge in [0.2, 0.25) is 5.91 Å². The summed E-state index contributed by atoms with van der Waals surface area (Å²) in [5.41, 5.74) is 0.271. The molecule has 0 bridgehead atoms. The van der Waals surface area contributed by atoms with E-state index in [2.05, 4.69) is 4.98 Å². The fourth-order valence-corrected chi connectivity index (χ4v) is 2.87. The molecule has 1 aliphatic rings. The third-order valence-electron chi connectivity index (χ3n) is 4.43. The largest absolute Gasteiger partial charge is 0.389 e. The fraction of sp³-hybridized carbons (Fsp3) is 0.625. The summed E-state index contributed by atoms with van der Waals surface area (Å²) in [4.78, 5) is 18.1. The first kappa shape index (κ1) is 15.0. The molecule has 4 nitrogen and oxygen atoms in total. The number of aliphatic hydroxyl groups is 1. The van der Waals surface area contributed by atoms with Crippen LogP contribution in [0.15, 0.2) is 24.5 Å². The van der Waals surface area contributed by atoms with Crippen LogP contribution < -0.4 is 0 Å². The minimum Gasteiger partial charge on any atom is -0.389 e. The average molecular weight is 276 g/mol. The van der Waals surface area contributed by atoms with Crippen molar-refractivity contribution in [1.82, 2.24) is 9.88 Å². The molecular formula is C16H24N2O2. The van der Waals surface area contributed by atoms with Crippen LogP contribution in [0, 0.1) is 0 Å². The highest BCUT2D eigenvalue weighted by Gasteiger charge is 2.33. The second-order valence-electron chi connectivity index (χ2n) is 5.92. The van der Waals surface area contributed by atoms with E-state index in [1.165, 1.54) is 6.42 Å². The number of hydrogen-bond donors (Lipinski definition) is 1. The number of nitrogens with zero attached hydrogens (tertiary/aromatic N) is 2. The van der Waals surface area contributed by atoms with E-state index in [-0.39, 0.29) is 18.4 Å². The topological polar surface area (TPSA) is 53.4 Å². The van der Waals surface area contributed by atoms with Crippen molar-refractivity contribution in [2.24, 2.45) is 0 Å². The summed E-state index contributed by atoms with van der Waals surface area (Å²) in [6.07, 6.45) is 8.41. The molecule has 0 radical (unpaired) electrons. The Morgan fingerprint density at radius 1 is 1.35 bits per heavy atom. The monoisotopic (exact) mass is 276 g/mol. The normalized spacial score (nSPS) is 19.4. The van der Waals surface area contributed by atoms with Crippen molar-refractivity contribution in [1.29, 1.82) is 0 Å². The molecule has 20 heavy (non-hydrogen) atoms. The predicted octanol–water partition coefficient (Wildman–Crippen LogP) is 2.69. The molecule has 1 atom stereocenters. The Morgan fingerprint density at radius 3 is 2.55 bits per heavy atom. The molecule has 1 heterocycles. The van der Waals surface area contributed by atoms with Gasteiger partial charge in [-0.05, 0) is 37.5 Å². The highest BCUT2D eigenvalue weighted by Crippen LogP contribution is 2.32. The third-order valence-corrected chi connectivity index (χ3v) is 4.43. The summed E-state index contributed by atoms with van der Waals surface area (Å²) in [6.45, 7) is 2.00. The minimum absolute atomic E-state index is 0.00214. The number of carbonyl (C=O) groups is 1. The van der Waals surface area contributed by atoms with Gasteiger partial charge in [-0.15, -0.1) is 0 Å². The van der Waals surface area contributed by atoms with Gasteiger partial charge in [0.15, 0.2) is 0 Å². The molecule has 4 heteroatoms. The lowest BCUT2D eigenvalue weighted by Crippen LogP contribution is -2.40. The summed E-state index contributed by atoms with van der Waals surface area (Å²) >= 11 is 0. The van der Waals surface area contributed by atoms with E-state index in [9.17, 15) is 9.90 Å². The first-order valence-corrected chi connectivity index (χ1v) is 7.40. The molecule has 0 spiro atoms. The number of pyridine rings is 1. The highest BCUT2D eigenvalue weighted by atomic mass is 16.3. The molecule has 1 amide bonds. The van der Waals surface area contributed by atoms with Crippen LogP contribution >= 0.6 is 0 Å². The maximum absolute atomic E-state index is 12.4. The van der Waals surface area contributed by atoms with Crippen LogP contribution in [-0.2, 0) is 4.79 Å². The first-order valence-electron chi connectivity index (χ1n) is 7.40. The van der Waals surface area contributed by atoms with E-state index in [0.29, 0.717) is 0 Å². The van der Waals surface area contributed by atoms with Crippen LogP contribution in [0.5, 0.6) is 0 Å². The molecule has 0 saturated heterocycles. The zero-order valence-electron chi connectivity index (χ0n) is 12.4. The molecule has 1 aromatic rings. The van der Waals surface area contributed by atoms with Crippen molar-refractivity contribution in [2.75, 3.05) is 7.05 Å². The van der Waals surface area contributed by atoms with Gasteiger partial charge >= 0.3 is 0 Å². The number of hydrogen-bond acceptors (Lipinski definition) is 3. The standard InChI is InChI=1S/C16H24N2O2/c1-13(14-6-10-17-11-7-14)18(2)15(19)12-16(20)8-4-3-5-9-16/h6-7,10-11,13,20H,3-5,8-9,12H2,1-2H3. The molecule has 1 N–H and O–H groups in total. The number of amides is 1. The Kier molecular flexibility index (Phi) is 4.76. The Hall–Kier alpha value is -1.42. The molecule has 1 fully saturated rings. The molecule has 110 valence electrons. The maximum Gasteiger partial charge on any atom is 0.225 e. The average Bonchev–Trinajstić information content (AvgIpc) is 2.47. The summed E-state index contributed by atoms with van der Waals surface area (Å²) in [7, 11) is 1.81. The van der Waals surface area contributed by atoms with Gasteiger partial charge in [0.05, 0.1) is 18.1 Å². The van der Waals surface area contributed by atoms with E-state index in [1.54, 1.807) is 24.3 Å². The lowest BCUT2D eigenvalue weighted by atomic mass is 9.82. The van der Waals surface area contributed by atoms with Crippen LogP contribution in [0.2, 0.25) is 0 Å². The Morgan fingerprint density at radius 2 is 1.95 bits per heavy atom. The van der Waals surface area contributed by atoms with Crippen LogP contribution in [0.1, 0.15) is 57.1 Å². The second-order valence-corrected chi connectivity index (χ2v) is 5.92. The van der Waals surface area contributed by atoms with Crippen LogP contribution in [0.3, 0.4) is 0 Å². The molecular weight excluding hydrogens is 252 g/mol. The summed E-state index contributed by atoms with van der Waals surface area (Å²) in [6, 6.07) is 3.84. The lowest BCUT2D eigenvalue weighted by molar-refractivity contribution is -0.138. The first-order chi connectivity index (χ1) is 9.52. The van der Waals surface area contributed by atoms with E-state index in [0.717, 1.165) is 31.2 Å². The summed E-state index contributed by atoms with van der Waals surface area (Å²) < 4.78 is 0. The SMILES string of the molecule is CC(c1ccncc1)N(C)C(=O)CC1(O)CCCCC1. The zero-order valence-corrected chi connectivity index (χ0v) is 12.4. The molecule has 0 aromatic carbocycles. The van der Waals surface area contributed by atoms with Crippen molar-refractivity contribution < 1.29 is 9.90 Å². The van der Waals surface area contributed by atoms with Gasteiger partial charge in [-0.1, -0.05) is 19.3 Å². The van der Waals surface area contributed by atoms with Crippen molar-refractivity contribution in [3.05, 3.63) is 30.1 Å². The van der Waals surface area contributed by atoms with Gasteiger partial charge in [0.25, 0.3) is 0 Å². The van der Waals surface area contributed by atoms with Crippen molar-refractivity contribution in [3.8, 4) is 0 Å². The quantitative estimate of drug-likeness (QED) is 0.920. The Labute approximate surface area is 120 Å². The number of carbonyl (C=O) groups excluding carboxylic acids is 1. The smallest absolute Gasteiger partial charge is 0.225 e. The highest BCUT2D eigenvalue weighted by molar-refractivity contribution is 5.77. The van der Waals surface area contributed by atoms with E-state index < -0.39 is 5.60 Å². The number of aromatic nitrogens is 1.